The van der Waals surface area contributed by atoms with Crippen molar-refractivity contribution in [2.75, 3.05) is 0 Å². The van der Waals surface area contributed by atoms with E-state index in [4.69, 9.17) is 24.4 Å². The molecule has 258 valence electrons. The molecule has 0 N–H and O–H groups in total. The maximum absolute atomic E-state index is 6.98. The van der Waals surface area contributed by atoms with Crippen LogP contribution in [0.2, 0.25) is 0 Å². The Kier molecular flexibility index (Phi) is 7.01. The highest BCUT2D eigenvalue weighted by Gasteiger charge is 2.47. The minimum atomic E-state index is -0.569. The van der Waals surface area contributed by atoms with E-state index in [0.29, 0.717) is 46.0 Å². The van der Waals surface area contributed by atoms with Crippen molar-refractivity contribution in [3.8, 4) is 68.3 Å². The van der Waals surface area contributed by atoms with Crippen molar-refractivity contribution in [3.63, 3.8) is 0 Å². The van der Waals surface area contributed by atoms with Crippen molar-refractivity contribution >= 4 is 10.8 Å². The van der Waals surface area contributed by atoms with E-state index in [1.54, 1.807) is 0 Å². The fourth-order valence-electron chi connectivity index (χ4n) is 8.38. The van der Waals surface area contributed by atoms with E-state index in [-0.39, 0.29) is 0 Å². The summed E-state index contributed by atoms with van der Waals surface area (Å²) >= 11 is 0. The van der Waals surface area contributed by atoms with Crippen LogP contribution >= 0.6 is 0 Å². The second-order valence-corrected chi connectivity index (χ2v) is 13.9. The lowest BCUT2D eigenvalue weighted by Crippen LogP contribution is -2.28. The van der Waals surface area contributed by atoms with Crippen molar-refractivity contribution in [2.45, 2.75) is 5.41 Å². The first-order valence-corrected chi connectivity index (χ1v) is 18.4. The molecule has 0 fully saturated rings. The van der Waals surface area contributed by atoms with Crippen molar-refractivity contribution in [1.29, 1.82) is 0 Å². The van der Waals surface area contributed by atoms with Crippen LogP contribution in [0, 0.1) is 0 Å². The number of rotatable bonds is 5. The van der Waals surface area contributed by atoms with Gasteiger partial charge >= 0.3 is 0 Å². The molecule has 0 bridgehead atoms. The third-order valence-electron chi connectivity index (χ3n) is 10.8. The molecule has 5 nitrogen and oxygen atoms in total. The third-order valence-corrected chi connectivity index (χ3v) is 10.8. The van der Waals surface area contributed by atoms with Gasteiger partial charge in [0.2, 0.25) is 0 Å². The molecular weight excluding hydrogens is 675 g/mol. The summed E-state index contributed by atoms with van der Waals surface area (Å²) in [7, 11) is 0. The normalized spacial score (nSPS) is 13.2. The molecule has 2 heterocycles. The second kappa shape index (κ2) is 12.4. The molecule has 1 aromatic heterocycles. The van der Waals surface area contributed by atoms with Gasteiger partial charge in [0, 0.05) is 11.1 Å². The fraction of sp³-hybridized carbons (Fsp3) is 0.0200. The van der Waals surface area contributed by atoms with Crippen LogP contribution in [0.5, 0.6) is 23.0 Å². The molecule has 0 saturated carbocycles. The van der Waals surface area contributed by atoms with Crippen LogP contribution in [0.4, 0.5) is 0 Å². The first kappa shape index (κ1) is 31.2. The Labute approximate surface area is 318 Å². The Hall–Kier alpha value is -7.37. The molecule has 9 aromatic rings. The summed E-state index contributed by atoms with van der Waals surface area (Å²) in [6.07, 6.45) is 0. The van der Waals surface area contributed by atoms with Gasteiger partial charge in [0.05, 0.1) is 11.0 Å². The minimum absolute atomic E-state index is 0.498. The summed E-state index contributed by atoms with van der Waals surface area (Å²) in [5.41, 5.74) is 8.98. The molecular formula is C50H31N3O2. The van der Waals surface area contributed by atoms with Gasteiger partial charge in [-0.2, -0.15) is 0 Å². The molecule has 0 radical (unpaired) electrons. The van der Waals surface area contributed by atoms with Crippen LogP contribution < -0.4 is 9.47 Å². The monoisotopic (exact) mass is 705 g/mol. The van der Waals surface area contributed by atoms with E-state index in [2.05, 4.69) is 127 Å². The number of hydrogen-bond donors (Lipinski definition) is 0. The van der Waals surface area contributed by atoms with E-state index in [1.165, 1.54) is 22.3 Å². The third kappa shape index (κ3) is 4.90. The molecule has 2 aliphatic rings. The van der Waals surface area contributed by atoms with Gasteiger partial charge < -0.3 is 9.47 Å². The highest BCUT2D eigenvalue weighted by molar-refractivity contribution is 5.89. The van der Waals surface area contributed by atoms with Gasteiger partial charge in [-0.15, -0.1) is 0 Å². The van der Waals surface area contributed by atoms with Crippen LogP contribution in [0.1, 0.15) is 22.3 Å². The average molecular weight is 706 g/mol. The molecule has 1 aliphatic carbocycles. The molecule has 11 rings (SSSR count). The van der Waals surface area contributed by atoms with E-state index in [1.807, 2.05) is 60.7 Å². The summed E-state index contributed by atoms with van der Waals surface area (Å²) in [5.74, 6) is 4.11. The first-order valence-electron chi connectivity index (χ1n) is 18.4. The summed E-state index contributed by atoms with van der Waals surface area (Å²) < 4.78 is 13.7. The van der Waals surface area contributed by atoms with Crippen molar-refractivity contribution in [1.82, 2.24) is 15.0 Å². The van der Waals surface area contributed by atoms with Crippen molar-refractivity contribution in [2.24, 2.45) is 0 Å². The summed E-state index contributed by atoms with van der Waals surface area (Å²) in [6, 6.07) is 65.0. The molecule has 55 heavy (non-hydrogen) atoms. The zero-order chi connectivity index (χ0) is 36.3. The van der Waals surface area contributed by atoms with Crippen molar-refractivity contribution in [3.05, 3.63) is 210 Å². The predicted molar refractivity (Wildman–Crippen MR) is 218 cm³/mol. The quantitative estimate of drug-likeness (QED) is 0.178. The lowest BCUT2D eigenvalue weighted by molar-refractivity contribution is 0.360. The predicted octanol–water partition coefficient (Wildman–Crippen LogP) is 12.3. The van der Waals surface area contributed by atoms with Gasteiger partial charge in [-0.05, 0) is 74.5 Å². The Morgan fingerprint density at radius 3 is 1.71 bits per heavy atom. The van der Waals surface area contributed by atoms with E-state index < -0.39 is 5.41 Å². The zero-order valence-electron chi connectivity index (χ0n) is 29.6. The largest absolute Gasteiger partial charge is 0.449 e. The number of hydrogen-bond acceptors (Lipinski definition) is 5. The van der Waals surface area contributed by atoms with Gasteiger partial charge in [0.25, 0.3) is 0 Å². The van der Waals surface area contributed by atoms with Crippen LogP contribution in [0.15, 0.2) is 188 Å². The number of nitrogens with zero attached hydrogens (tertiary/aromatic N) is 3. The summed E-state index contributed by atoms with van der Waals surface area (Å²) in [5, 5.41) is 2.27. The van der Waals surface area contributed by atoms with Crippen LogP contribution in [0.25, 0.3) is 56.1 Å². The summed E-state index contributed by atoms with van der Waals surface area (Å²) in [6.45, 7) is 0. The maximum Gasteiger partial charge on any atom is 0.181 e. The Bertz CT molecular complexity index is 2890. The van der Waals surface area contributed by atoms with Crippen LogP contribution in [-0.4, -0.2) is 15.0 Å². The van der Waals surface area contributed by atoms with Gasteiger partial charge in [-0.25, -0.2) is 15.0 Å². The Morgan fingerprint density at radius 1 is 0.345 bits per heavy atom. The highest BCUT2D eigenvalue weighted by atomic mass is 16.6. The Balaban J connectivity index is 1.09. The molecule has 0 unspecified atom stereocenters. The highest BCUT2D eigenvalue weighted by Crippen LogP contribution is 2.60. The molecule has 0 atom stereocenters. The zero-order valence-corrected chi connectivity index (χ0v) is 29.6. The van der Waals surface area contributed by atoms with E-state index in [9.17, 15) is 0 Å². The smallest absolute Gasteiger partial charge is 0.181 e. The maximum atomic E-state index is 6.98. The lowest BCUT2D eigenvalue weighted by atomic mass is 9.67. The van der Waals surface area contributed by atoms with Gasteiger partial charge in [-0.1, -0.05) is 158 Å². The molecule has 0 saturated heterocycles. The van der Waals surface area contributed by atoms with Crippen LogP contribution in [-0.2, 0) is 5.41 Å². The van der Waals surface area contributed by atoms with Gasteiger partial charge in [0.1, 0.15) is 0 Å². The van der Waals surface area contributed by atoms with Gasteiger partial charge in [0.15, 0.2) is 40.5 Å². The molecule has 0 spiro atoms. The second-order valence-electron chi connectivity index (χ2n) is 13.9. The Morgan fingerprint density at radius 2 is 0.945 bits per heavy atom. The average Bonchev–Trinajstić information content (AvgIpc) is 3.55. The van der Waals surface area contributed by atoms with Crippen LogP contribution in [0.3, 0.4) is 0 Å². The number of fused-ring (bicyclic) bond motifs is 6. The number of aromatic nitrogens is 3. The topological polar surface area (TPSA) is 57.1 Å². The number of para-hydroxylation sites is 1. The van der Waals surface area contributed by atoms with Gasteiger partial charge in [-0.3, -0.25) is 0 Å². The molecule has 5 heteroatoms. The molecule has 8 aromatic carbocycles. The molecule has 1 aliphatic heterocycles. The molecule has 0 amide bonds. The lowest BCUT2D eigenvalue weighted by Gasteiger charge is -2.34. The fourth-order valence-corrected chi connectivity index (χ4v) is 8.38. The van der Waals surface area contributed by atoms with Crippen molar-refractivity contribution < 1.29 is 9.47 Å². The number of benzene rings is 8. The number of ether oxygens (including phenoxy) is 2. The summed E-state index contributed by atoms with van der Waals surface area (Å²) in [4.78, 5) is 15.1. The minimum Gasteiger partial charge on any atom is -0.449 e. The standard InChI is InChI=1S/C50H31N3O2/c1-4-16-33(17-5-1)47-51-48(35-28-27-32-15-10-11-18-34(32)29-35)53-49(52-47)39-24-14-26-43-46(39)55-45-31-42-40(30-44(45)54-43)38-23-12-13-25-41(38)50(42,36-19-6-2-7-20-36)37-21-8-3-9-22-37/h1-31H. The SMILES string of the molecule is c1ccc(-c2nc(-c3ccc4ccccc4c3)nc(-c3cccc4c3Oc3cc5c(cc3O4)-c3ccccc3C5(c3ccccc3)c3ccccc3)n2)cc1. The van der Waals surface area contributed by atoms with E-state index in [0.717, 1.165) is 33.0 Å². The first-order chi connectivity index (χ1) is 27.2. The van der Waals surface area contributed by atoms with E-state index >= 15 is 0 Å².